The molecule has 4 heteroatoms. The van der Waals surface area contributed by atoms with E-state index in [0.717, 1.165) is 42.1 Å². The number of aliphatic hydroxyl groups excluding tert-OH is 1. The molecule has 1 N–H and O–H groups in total. The van der Waals surface area contributed by atoms with Crippen LogP contribution in [-0.4, -0.2) is 21.5 Å². The molecule has 0 saturated heterocycles. The predicted molar refractivity (Wildman–Crippen MR) is 83.6 cm³/mol. The molecular formula is C17H24N2O2. The van der Waals surface area contributed by atoms with Gasteiger partial charge in [-0.25, -0.2) is 0 Å². The largest absolute Gasteiger partial charge is 0.493 e. The molecule has 21 heavy (non-hydrogen) atoms. The molecule has 0 saturated carbocycles. The third kappa shape index (κ3) is 3.45. The average molecular weight is 288 g/mol. The van der Waals surface area contributed by atoms with Crippen LogP contribution in [0.4, 0.5) is 0 Å². The van der Waals surface area contributed by atoms with Crippen molar-refractivity contribution in [2.45, 2.75) is 46.3 Å². The summed E-state index contributed by atoms with van der Waals surface area (Å²) in [4.78, 5) is 0. The highest BCUT2D eigenvalue weighted by Crippen LogP contribution is 2.30. The average Bonchev–Trinajstić information content (AvgIpc) is 2.96. The second kappa shape index (κ2) is 7.27. The van der Waals surface area contributed by atoms with Gasteiger partial charge in [-0.3, -0.25) is 4.68 Å². The first kappa shape index (κ1) is 15.6. The summed E-state index contributed by atoms with van der Waals surface area (Å²) in [5.74, 6) is 0.744. The van der Waals surface area contributed by atoms with E-state index in [2.05, 4.69) is 18.9 Å². The van der Waals surface area contributed by atoms with Gasteiger partial charge in [-0.2, -0.15) is 5.10 Å². The molecule has 2 rings (SSSR count). The normalized spacial score (nSPS) is 12.4. The molecular weight excluding hydrogens is 264 g/mol. The molecule has 1 heterocycles. The van der Waals surface area contributed by atoms with Gasteiger partial charge in [0.25, 0.3) is 0 Å². The first-order valence-electron chi connectivity index (χ1n) is 7.67. The molecule has 1 aromatic heterocycles. The maximum absolute atomic E-state index is 10.8. The lowest BCUT2D eigenvalue weighted by Crippen LogP contribution is -2.10. The van der Waals surface area contributed by atoms with Crippen LogP contribution in [0.1, 0.15) is 50.2 Å². The van der Waals surface area contributed by atoms with Gasteiger partial charge in [0.1, 0.15) is 11.9 Å². The highest BCUT2D eigenvalue weighted by molar-refractivity contribution is 5.39. The summed E-state index contributed by atoms with van der Waals surface area (Å²) in [6, 6.07) is 9.64. The quantitative estimate of drug-likeness (QED) is 0.850. The third-order valence-corrected chi connectivity index (χ3v) is 3.48. The number of aromatic nitrogens is 2. The monoisotopic (exact) mass is 288 g/mol. The van der Waals surface area contributed by atoms with Crippen LogP contribution < -0.4 is 4.74 Å². The molecule has 0 aliphatic carbocycles. The summed E-state index contributed by atoms with van der Waals surface area (Å²) in [6.07, 6.45) is 1.09. The van der Waals surface area contributed by atoms with Crippen LogP contribution in [0.5, 0.6) is 5.75 Å². The fourth-order valence-corrected chi connectivity index (χ4v) is 2.34. The number of benzene rings is 1. The number of ether oxygens (including phenoxy) is 1. The molecule has 1 aromatic carbocycles. The van der Waals surface area contributed by atoms with Crippen LogP contribution in [0.2, 0.25) is 0 Å². The molecule has 0 amide bonds. The van der Waals surface area contributed by atoms with Gasteiger partial charge in [0.05, 0.1) is 18.0 Å². The summed E-state index contributed by atoms with van der Waals surface area (Å²) in [5, 5.41) is 15.3. The Morgan fingerprint density at radius 1 is 1.24 bits per heavy atom. The van der Waals surface area contributed by atoms with Crippen molar-refractivity contribution >= 4 is 0 Å². The Morgan fingerprint density at radius 2 is 2.00 bits per heavy atom. The summed E-state index contributed by atoms with van der Waals surface area (Å²) >= 11 is 0. The maximum atomic E-state index is 10.8. The van der Waals surface area contributed by atoms with Gasteiger partial charge < -0.3 is 9.84 Å². The second-order valence-corrected chi connectivity index (χ2v) is 5.02. The van der Waals surface area contributed by atoms with E-state index in [0.29, 0.717) is 6.61 Å². The van der Waals surface area contributed by atoms with Crippen LogP contribution in [0, 0.1) is 0 Å². The van der Waals surface area contributed by atoms with Crippen LogP contribution in [0.25, 0.3) is 0 Å². The lowest BCUT2D eigenvalue weighted by molar-refractivity contribution is 0.199. The second-order valence-electron chi connectivity index (χ2n) is 5.02. The summed E-state index contributed by atoms with van der Waals surface area (Å²) in [6.45, 7) is 7.55. The van der Waals surface area contributed by atoms with Crippen molar-refractivity contribution in [2.75, 3.05) is 6.61 Å². The Morgan fingerprint density at radius 3 is 2.67 bits per heavy atom. The number of rotatable bonds is 7. The molecule has 4 nitrogen and oxygen atoms in total. The van der Waals surface area contributed by atoms with Crippen LogP contribution in [-0.2, 0) is 13.0 Å². The van der Waals surface area contributed by atoms with Crippen molar-refractivity contribution in [3.05, 3.63) is 47.3 Å². The minimum absolute atomic E-state index is 0.650. The molecule has 0 aliphatic rings. The summed E-state index contributed by atoms with van der Waals surface area (Å²) in [7, 11) is 0. The number of hydrogen-bond donors (Lipinski definition) is 1. The molecule has 1 unspecified atom stereocenters. The number of aryl methyl sites for hydroxylation is 2. The first-order valence-corrected chi connectivity index (χ1v) is 7.67. The van der Waals surface area contributed by atoms with Gasteiger partial charge in [0.2, 0.25) is 0 Å². The van der Waals surface area contributed by atoms with Crippen LogP contribution >= 0.6 is 0 Å². The van der Waals surface area contributed by atoms with Crippen molar-refractivity contribution in [2.24, 2.45) is 0 Å². The Labute approximate surface area is 126 Å². The predicted octanol–water partition coefficient (Wildman–Crippen LogP) is 3.34. The Balaban J connectivity index is 2.35. The van der Waals surface area contributed by atoms with Gasteiger partial charge in [0.15, 0.2) is 0 Å². The van der Waals surface area contributed by atoms with E-state index in [4.69, 9.17) is 4.74 Å². The maximum Gasteiger partial charge on any atom is 0.125 e. The van der Waals surface area contributed by atoms with Crippen molar-refractivity contribution in [3.8, 4) is 5.75 Å². The minimum Gasteiger partial charge on any atom is -0.493 e. The van der Waals surface area contributed by atoms with Gasteiger partial charge in [0, 0.05) is 12.1 Å². The Bertz CT molecular complexity index is 578. The fraction of sp³-hybridized carbons (Fsp3) is 0.471. The van der Waals surface area contributed by atoms with E-state index in [1.165, 1.54) is 0 Å². The van der Waals surface area contributed by atoms with E-state index in [1.807, 2.05) is 41.9 Å². The smallest absolute Gasteiger partial charge is 0.125 e. The molecule has 0 aliphatic heterocycles. The zero-order valence-electron chi connectivity index (χ0n) is 13.0. The topological polar surface area (TPSA) is 47.3 Å². The number of hydrogen-bond acceptors (Lipinski definition) is 3. The zero-order valence-corrected chi connectivity index (χ0v) is 13.0. The van der Waals surface area contributed by atoms with Gasteiger partial charge >= 0.3 is 0 Å². The number of para-hydroxylation sites is 1. The van der Waals surface area contributed by atoms with E-state index >= 15 is 0 Å². The van der Waals surface area contributed by atoms with E-state index in [9.17, 15) is 5.11 Å². The van der Waals surface area contributed by atoms with Gasteiger partial charge in [-0.1, -0.05) is 32.0 Å². The van der Waals surface area contributed by atoms with E-state index < -0.39 is 6.10 Å². The standard InChI is InChI=1S/C17H24N2O2/c1-4-11-21-16-10-8-7-9-14(16)17(20)15-12-13(5-2)18-19(15)6-3/h7-10,12,17,20H,4-6,11H2,1-3H3. The lowest BCUT2D eigenvalue weighted by Gasteiger charge is -2.16. The highest BCUT2D eigenvalue weighted by atomic mass is 16.5. The van der Waals surface area contributed by atoms with Crippen molar-refractivity contribution in [1.29, 1.82) is 0 Å². The number of aliphatic hydroxyl groups is 1. The highest BCUT2D eigenvalue weighted by Gasteiger charge is 2.20. The molecule has 0 fully saturated rings. The Kier molecular flexibility index (Phi) is 5.39. The van der Waals surface area contributed by atoms with Gasteiger partial charge in [-0.05, 0) is 31.9 Å². The first-order chi connectivity index (χ1) is 10.2. The third-order valence-electron chi connectivity index (χ3n) is 3.48. The van der Waals surface area contributed by atoms with Crippen LogP contribution in [0.3, 0.4) is 0 Å². The molecule has 114 valence electrons. The minimum atomic E-state index is -0.717. The van der Waals surface area contributed by atoms with E-state index in [1.54, 1.807) is 0 Å². The molecule has 0 spiro atoms. The van der Waals surface area contributed by atoms with E-state index in [-0.39, 0.29) is 0 Å². The lowest BCUT2D eigenvalue weighted by atomic mass is 10.0. The van der Waals surface area contributed by atoms with Crippen molar-refractivity contribution < 1.29 is 9.84 Å². The van der Waals surface area contributed by atoms with Crippen molar-refractivity contribution in [1.82, 2.24) is 9.78 Å². The molecule has 0 bridgehead atoms. The summed E-state index contributed by atoms with van der Waals surface area (Å²) < 4.78 is 7.61. The molecule has 0 radical (unpaired) electrons. The van der Waals surface area contributed by atoms with Crippen LogP contribution in [0.15, 0.2) is 30.3 Å². The molecule has 2 aromatic rings. The SMILES string of the molecule is CCCOc1ccccc1C(O)c1cc(CC)nn1CC. The van der Waals surface area contributed by atoms with Crippen molar-refractivity contribution in [3.63, 3.8) is 0 Å². The Hall–Kier alpha value is -1.81. The zero-order chi connectivity index (χ0) is 15.2. The summed E-state index contributed by atoms with van der Waals surface area (Å²) in [5.41, 5.74) is 2.61. The fourth-order valence-electron chi connectivity index (χ4n) is 2.34. The molecule has 1 atom stereocenters. The number of nitrogens with zero attached hydrogens (tertiary/aromatic N) is 2. The van der Waals surface area contributed by atoms with Gasteiger partial charge in [-0.15, -0.1) is 0 Å².